The molecule has 0 atom stereocenters. The number of rotatable bonds is 8. The minimum Gasteiger partial charge on any atom is -0.494 e. The number of nitrogens with one attached hydrogen (secondary N) is 1. The first-order valence-corrected chi connectivity index (χ1v) is 9.24. The lowest BCUT2D eigenvalue weighted by molar-refractivity contribution is -0.384. The quantitative estimate of drug-likeness (QED) is 0.327. The van der Waals surface area contributed by atoms with Gasteiger partial charge in [0, 0.05) is 23.8 Å². The number of aryl methyl sites for hydroxylation is 1. The van der Waals surface area contributed by atoms with E-state index in [9.17, 15) is 14.9 Å². The van der Waals surface area contributed by atoms with Crippen LogP contribution in [0, 0.1) is 17.0 Å². The van der Waals surface area contributed by atoms with E-state index in [-0.39, 0.29) is 11.4 Å². The molecule has 0 aliphatic rings. The number of anilines is 1. The molecule has 0 radical (unpaired) electrons. The fourth-order valence-corrected chi connectivity index (χ4v) is 2.61. The third kappa shape index (κ3) is 4.98. The zero-order chi connectivity index (χ0) is 20.8. The van der Waals surface area contributed by atoms with Crippen molar-refractivity contribution in [3.63, 3.8) is 0 Å². The van der Waals surface area contributed by atoms with Crippen LogP contribution >= 0.6 is 0 Å². The molecule has 0 fully saturated rings. The second-order valence-corrected chi connectivity index (χ2v) is 6.51. The molecule has 1 aromatic heterocycles. The number of carbonyl (C=O) groups is 1. The predicted molar refractivity (Wildman–Crippen MR) is 108 cm³/mol. The summed E-state index contributed by atoms with van der Waals surface area (Å²) in [6, 6.07) is 13.1. The summed E-state index contributed by atoms with van der Waals surface area (Å²) < 4.78 is 10.9. The van der Waals surface area contributed by atoms with Crippen LogP contribution in [0.25, 0.3) is 11.3 Å². The van der Waals surface area contributed by atoms with E-state index < -0.39 is 10.8 Å². The van der Waals surface area contributed by atoms with Crippen LogP contribution < -0.4 is 10.1 Å². The highest BCUT2D eigenvalue weighted by Crippen LogP contribution is 2.25. The van der Waals surface area contributed by atoms with Crippen molar-refractivity contribution in [1.29, 1.82) is 0 Å². The van der Waals surface area contributed by atoms with E-state index in [0.29, 0.717) is 23.6 Å². The average Bonchev–Trinajstić information content (AvgIpc) is 3.20. The molecule has 0 saturated carbocycles. The van der Waals surface area contributed by atoms with Crippen LogP contribution in [0.5, 0.6) is 5.75 Å². The van der Waals surface area contributed by atoms with E-state index in [4.69, 9.17) is 9.26 Å². The van der Waals surface area contributed by atoms with Crippen LogP contribution in [0.4, 0.5) is 11.4 Å². The molecule has 8 heteroatoms. The van der Waals surface area contributed by atoms with E-state index >= 15 is 0 Å². The van der Waals surface area contributed by atoms with Crippen LogP contribution in [-0.2, 0) is 0 Å². The minimum absolute atomic E-state index is 0.0779. The first-order chi connectivity index (χ1) is 14.0. The second-order valence-electron chi connectivity index (χ2n) is 6.51. The third-order valence-electron chi connectivity index (χ3n) is 4.33. The maximum Gasteiger partial charge on any atom is 0.277 e. The van der Waals surface area contributed by atoms with Crippen molar-refractivity contribution in [3.8, 4) is 17.1 Å². The van der Waals surface area contributed by atoms with Gasteiger partial charge in [0.05, 0.1) is 17.2 Å². The smallest absolute Gasteiger partial charge is 0.277 e. The molecule has 3 rings (SSSR count). The van der Waals surface area contributed by atoms with Gasteiger partial charge in [0.15, 0.2) is 11.5 Å². The molecule has 1 N–H and O–H groups in total. The first-order valence-electron chi connectivity index (χ1n) is 9.24. The number of aromatic nitrogens is 1. The van der Waals surface area contributed by atoms with Crippen molar-refractivity contribution in [2.75, 3.05) is 11.9 Å². The molecule has 0 bridgehead atoms. The standard InChI is InChI=1S/C21H21N3O5/c1-3-4-11-28-17-9-6-15(7-10-17)20-13-19(23-29-20)21(25)22-18-12-16(24(26)27)8-5-14(18)2/h5-10,12-13H,3-4,11H2,1-2H3,(H,22,25). The van der Waals surface area contributed by atoms with E-state index in [1.165, 1.54) is 18.2 Å². The number of hydrogen-bond donors (Lipinski definition) is 1. The average molecular weight is 395 g/mol. The van der Waals surface area contributed by atoms with Gasteiger partial charge in [-0.05, 0) is 43.2 Å². The SMILES string of the molecule is CCCCOc1ccc(-c2cc(C(=O)Nc3cc([N+](=O)[O-])ccc3C)no2)cc1. The number of nitro benzene ring substituents is 1. The van der Waals surface area contributed by atoms with Crippen LogP contribution in [0.3, 0.4) is 0 Å². The van der Waals surface area contributed by atoms with Gasteiger partial charge in [-0.2, -0.15) is 0 Å². The number of unbranched alkanes of at least 4 members (excludes halogenated alkanes) is 1. The topological polar surface area (TPSA) is 108 Å². The fourth-order valence-electron chi connectivity index (χ4n) is 2.61. The van der Waals surface area contributed by atoms with Gasteiger partial charge < -0.3 is 14.6 Å². The predicted octanol–water partition coefficient (Wildman–Crippen LogP) is 4.99. The molecule has 0 aliphatic carbocycles. The molecule has 0 spiro atoms. The highest BCUT2D eigenvalue weighted by molar-refractivity contribution is 6.03. The zero-order valence-electron chi connectivity index (χ0n) is 16.2. The van der Waals surface area contributed by atoms with Crippen LogP contribution in [0.15, 0.2) is 53.1 Å². The lowest BCUT2D eigenvalue weighted by Gasteiger charge is -2.06. The zero-order valence-corrected chi connectivity index (χ0v) is 16.2. The molecule has 1 amide bonds. The van der Waals surface area contributed by atoms with Crippen LogP contribution in [-0.4, -0.2) is 22.6 Å². The van der Waals surface area contributed by atoms with E-state index in [1.54, 1.807) is 13.0 Å². The summed E-state index contributed by atoms with van der Waals surface area (Å²) in [6.45, 7) is 4.52. The number of ether oxygens (including phenoxy) is 1. The Hall–Kier alpha value is -3.68. The van der Waals surface area contributed by atoms with Crippen LogP contribution in [0.2, 0.25) is 0 Å². The number of carbonyl (C=O) groups excluding carboxylic acids is 1. The molecule has 2 aromatic carbocycles. The number of benzene rings is 2. The molecular formula is C21H21N3O5. The molecular weight excluding hydrogens is 374 g/mol. The van der Waals surface area contributed by atoms with Gasteiger partial charge in [0.25, 0.3) is 11.6 Å². The van der Waals surface area contributed by atoms with Crippen molar-refractivity contribution in [1.82, 2.24) is 5.16 Å². The Labute approximate surface area is 167 Å². The van der Waals surface area contributed by atoms with Gasteiger partial charge in [-0.15, -0.1) is 0 Å². The summed E-state index contributed by atoms with van der Waals surface area (Å²) in [5.41, 5.74) is 1.78. The number of non-ortho nitro benzene ring substituents is 1. The fraction of sp³-hybridized carbons (Fsp3) is 0.238. The number of amides is 1. The Kier molecular flexibility index (Phi) is 6.23. The second kappa shape index (κ2) is 9.01. The minimum atomic E-state index is -0.515. The van der Waals surface area contributed by atoms with Crippen molar-refractivity contribution in [2.24, 2.45) is 0 Å². The summed E-state index contributed by atoms with van der Waals surface area (Å²) in [6.07, 6.45) is 2.06. The Morgan fingerprint density at radius 3 is 2.66 bits per heavy atom. The summed E-state index contributed by atoms with van der Waals surface area (Å²) >= 11 is 0. The van der Waals surface area contributed by atoms with E-state index in [2.05, 4.69) is 17.4 Å². The maximum atomic E-state index is 12.5. The summed E-state index contributed by atoms with van der Waals surface area (Å²) in [4.78, 5) is 22.9. The monoisotopic (exact) mass is 395 g/mol. The molecule has 1 heterocycles. The van der Waals surface area contributed by atoms with Gasteiger partial charge in [-0.1, -0.05) is 24.6 Å². The largest absolute Gasteiger partial charge is 0.494 e. The number of nitro groups is 1. The third-order valence-corrected chi connectivity index (χ3v) is 4.33. The number of nitrogens with zero attached hydrogens (tertiary/aromatic N) is 2. The summed E-state index contributed by atoms with van der Waals surface area (Å²) in [5.74, 6) is 0.690. The Morgan fingerprint density at radius 1 is 1.21 bits per heavy atom. The first kappa shape index (κ1) is 20.1. The lowest BCUT2D eigenvalue weighted by Crippen LogP contribution is -2.13. The Morgan fingerprint density at radius 2 is 1.97 bits per heavy atom. The van der Waals surface area contributed by atoms with E-state index in [1.807, 2.05) is 24.3 Å². The lowest BCUT2D eigenvalue weighted by atomic mass is 10.1. The molecule has 29 heavy (non-hydrogen) atoms. The molecule has 0 aliphatic heterocycles. The van der Waals surface area contributed by atoms with Gasteiger partial charge in [0.2, 0.25) is 0 Å². The van der Waals surface area contributed by atoms with Crippen molar-refractivity contribution < 1.29 is 19.0 Å². The molecule has 3 aromatic rings. The molecule has 0 saturated heterocycles. The Bertz CT molecular complexity index is 1010. The van der Waals surface area contributed by atoms with Gasteiger partial charge in [-0.3, -0.25) is 14.9 Å². The Balaban J connectivity index is 1.70. The highest BCUT2D eigenvalue weighted by Gasteiger charge is 2.16. The molecule has 8 nitrogen and oxygen atoms in total. The highest BCUT2D eigenvalue weighted by atomic mass is 16.6. The van der Waals surface area contributed by atoms with Crippen molar-refractivity contribution >= 4 is 17.3 Å². The molecule has 150 valence electrons. The summed E-state index contributed by atoms with van der Waals surface area (Å²) in [7, 11) is 0. The summed E-state index contributed by atoms with van der Waals surface area (Å²) in [5, 5.41) is 17.4. The normalized spacial score (nSPS) is 10.6. The van der Waals surface area contributed by atoms with Crippen molar-refractivity contribution in [2.45, 2.75) is 26.7 Å². The van der Waals surface area contributed by atoms with Crippen LogP contribution in [0.1, 0.15) is 35.8 Å². The van der Waals surface area contributed by atoms with Gasteiger partial charge in [-0.25, -0.2) is 0 Å². The van der Waals surface area contributed by atoms with Gasteiger partial charge in [0.1, 0.15) is 5.75 Å². The van der Waals surface area contributed by atoms with Crippen molar-refractivity contribution in [3.05, 3.63) is 69.9 Å². The van der Waals surface area contributed by atoms with Gasteiger partial charge >= 0.3 is 0 Å². The maximum absolute atomic E-state index is 12.5. The van der Waals surface area contributed by atoms with E-state index in [0.717, 1.165) is 24.2 Å². The molecule has 0 unspecified atom stereocenters. The number of hydrogen-bond acceptors (Lipinski definition) is 6.